The molecular weight excluding hydrogens is 447 g/mol. The summed E-state index contributed by atoms with van der Waals surface area (Å²) in [5.74, 6) is -0.716. The molecule has 1 aliphatic heterocycles. The number of benzene rings is 2. The Morgan fingerprint density at radius 3 is 2.48 bits per heavy atom. The SMILES string of the molecule is C[C@@H]1CN(Cc2ccc(F)cc2)[C@@H](C)CN1C(=O)COc1ccc(Cl)cc1S(=O)(=O)O. The van der Waals surface area contributed by atoms with Crippen LogP contribution in [0, 0.1) is 5.82 Å². The van der Waals surface area contributed by atoms with Gasteiger partial charge in [0.15, 0.2) is 6.61 Å². The van der Waals surface area contributed by atoms with E-state index in [1.54, 1.807) is 17.0 Å². The van der Waals surface area contributed by atoms with Crippen LogP contribution in [0.2, 0.25) is 5.02 Å². The van der Waals surface area contributed by atoms with E-state index in [4.69, 9.17) is 16.3 Å². The summed E-state index contributed by atoms with van der Waals surface area (Å²) in [6.07, 6.45) is 0. The van der Waals surface area contributed by atoms with Gasteiger partial charge in [0.25, 0.3) is 16.0 Å². The predicted octanol–water partition coefficient (Wildman–Crippen LogP) is 3.23. The molecule has 10 heteroatoms. The van der Waals surface area contributed by atoms with E-state index in [1.807, 2.05) is 13.8 Å². The summed E-state index contributed by atoms with van der Waals surface area (Å²) in [5, 5.41) is 0.117. The van der Waals surface area contributed by atoms with E-state index in [0.717, 1.165) is 11.6 Å². The van der Waals surface area contributed by atoms with E-state index in [9.17, 15) is 22.2 Å². The fourth-order valence-electron chi connectivity index (χ4n) is 3.62. The van der Waals surface area contributed by atoms with Crippen molar-refractivity contribution < 1.29 is 26.9 Å². The molecule has 1 aliphatic rings. The van der Waals surface area contributed by atoms with Crippen LogP contribution in [0.1, 0.15) is 19.4 Å². The maximum Gasteiger partial charge on any atom is 0.298 e. The van der Waals surface area contributed by atoms with Crippen molar-refractivity contribution in [2.45, 2.75) is 37.4 Å². The molecule has 2 aromatic carbocycles. The van der Waals surface area contributed by atoms with Crippen molar-refractivity contribution in [3.05, 3.63) is 58.9 Å². The summed E-state index contributed by atoms with van der Waals surface area (Å²) in [4.78, 5) is 16.2. The minimum absolute atomic E-state index is 0.0640. The molecule has 1 fully saturated rings. The first kappa shape index (κ1) is 23.5. The van der Waals surface area contributed by atoms with Gasteiger partial charge in [0, 0.05) is 36.7 Å². The zero-order chi connectivity index (χ0) is 22.8. The molecule has 2 aromatic rings. The van der Waals surface area contributed by atoms with Crippen LogP contribution in [-0.2, 0) is 21.5 Å². The third kappa shape index (κ3) is 5.94. The number of piperazine rings is 1. The molecule has 31 heavy (non-hydrogen) atoms. The molecular formula is C21H24ClFN2O5S. The van der Waals surface area contributed by atoms with E-state index >= 15 is 0 Å². The average Bonchev–Trinajstić information content (AvgIpc) is 2.70. The lowest BCUT2D eigenvalue weighted by molar-refractivity contribution is -0.139. The van der Waals surface area contributed by atoms with Gasteiger partial charge in [-0.2, -0.15) is 8.42 Å². The molecule has 0 radical (unpaired) electrons. The first-order valence-electron chi connectivity index (χ1n) is 9.72. The highest BCUT2D eigenvalue weighted by Gasteiger charge is 2.32. The Morgan fingerprint density at radius 1 is 1.16 bits per heavy atom. The fourth-order valence-corrected chi connectivity index (χ4v) is 4.51. The van der Waals surface area contributed by atoms with Crippen LogP contribution in [0.15, 0.2) is 47.4 Å². The molecule has 0 aliphatic carbocycles. The maximum atomic E-state index is 13.1. The normalized spacial score (nSPS) is 20.0. The van der Waals surface area contributed by atoms with Crippen molar-refractivity contribution in [2.75, 3.05) is 19.7 Å². The lowest BCUT2D eigenvalue weighted by Crippen LogP contribution is -2.58. The number of rotatable bonds is 6. The lowest BCUT2D eigenvalue weighted by Gasteiger charge is -2.44. The Labute approximate surface area is 186 Å². The van der Waals surface area contributed by atoms with Crippen molar-refractivity contribution in [1.29, 1.82) is 0 Å². The standard InChI is InChI=1S/C21H24ClFN2O5S/c1-14-11-25(15(2)10-24(14)12-16-3-6-18(23)7-4-16)21(26)13-30-19-8-5-17(22)9-20(19)31(27,28)29/h3-9,14-15H,10-13H2,1-2H3,(H,27,28,29)/t14-,15+/m0/s1. The molecule has 1 heterocycles. The van der Waals surface area contributed by atoms with Crippen LogP contribution in [0.25, 0.3) is 0 Å². The molecule has 1 amide bonds. The van der Waals surface area contributed by atoms with Crippen LogP contribution in [-0.4, -0.2) is 60.5 Å². The monoisotopic (exact) mass is 470 g/mol. The summed E-state index contributed by atoms with van der Waals surface area (Å²) >= 11 is 5.79. The van der Waals surface area contributed by atoms with Gasteiger partial charge >= 0.3 is 0 Å². The van der Waals surface area contributed by atoms with Gasteiger partial charge in [-0.1, -0.05) is 23.7 Å². The fraction of sp³-hybridized carbons (Fsp3) is 0.381. The zero-order valence-corrected chi connectivity index (χ0v) is 18.7. The number of amides is 1. The molecule has 1 N–H and O–H groups in total. The summed E-state index contributed by atoms with van der Waals surface area (Å²) < 4.78 is 51.0. The van der Waals surface area contributed by atoms with Crippen molar-refractivity contribution in [3.8, 4) is 5.75 Å². The zero-order valence-electron chi connectivity index (χ0n) is 17.2. The maximum absolute atomic E-state index is 13.1. The average molecular weight is 471 g/mol. The number of nitrogens with zero attached hydrogens (tertiary/aromatic N) is 2. The highest BCUT2D eigenvalue weighted by molar-refractivity contribution is 7.86. The molecule has 168 valence electrons. The van der Waals surface area contributed by atoms with E-state index in [-0.39, 0.29) is 41.2 Å². The molecule has 1 saturated heterocycles. The number of carbonyl (C=O) groups excluding carboxylic acids is 1. The van der Waals surface area contributed by atoms with Crippen LogP contribution >= 0.6 is 11.6 Å². The summed E-state index contributed by atoms with van der Waals surface area (Å²) in [6.45, 7) is 5.29. The topological polar surface area (TPSA) is 87.2 Å². The third-order valence-electron chi connectivity index (χ3n) is 5.27. The minimum Gasteiger partial charge on any atom is -0.482 e. The van der Waals surface area contributed by atoms with Crippen molar-refractivity contribution in [3.63, 3.8) is 0 Å². The second-order valence-corrected chi connectivity index (χ2v) is 9.48. The lowest BCUT2D eigenvalue weighted by atomic mass is 10.1. The Kier molecular flexibility index (Phi) is 7.20. The highest BCUT2D eigenvalue weighted by Crippen LogP contribution is 2.27. The van der Waals surface area contributed by atoms with Gasteiger partial charge in [-0.25, -0.2) is 4.39 Å². The van der Waals surface area contributed by atoms with Crippen molar-refractivity contribution >= 4 is 27.6 Å². The Balaban J connectivity index is 1.63. The number of carbonyl (C=O) groups is 1. The van der Waals surface area contributed by atoms with Gasteiger partial charge in [-0.15, -0.1) is 0 Å². The minimum atomic E-state index is -4.55. The van der Waals surface area contributed by atoms with Crippen LogP contribution in [0.4, 0.5) is 4.39 Å². The smallest absolute Gasteiger partial charge is 0.298 e. The molecule has 0 bridgehead atoms. The van der Waals surface area contributed by atoms with E-state index in [0.29, 0.717) is 19.6 Å². The van der Waals surface area contributed by atoms with Gasteiger partial charge in [0.05, 0.1) is 0 Å². The van der Waals surface area contributed by atoms with Crippen molar-refractivity contribution in [1.82, 2.24) is 9.80 Å². The molecule has 0 spiro atoms. The van der Waals surface area contributed by atoms with Crippen LogP contribution in [0.3, 0.4) is 0 Å². The predicted molar refractivity (Wildman–Crippen MR) is 114 cm³/mol. The van der Waals surface area contributed by atoms with Gasteiger partial charge in [-0.3, -0.25) is 14.2 Å². The quantitative estimate of drug-likeness (QED) is 0.652. The molecule has 2 atom stereocenters. The number of ether oxygens (including phenoxy) is 1. The Hall–Kier alpha value is -2.20. The van der Waals surface area contributed by atoms with E-state index in [1.165, 1.54) is 24.3 Å². The van der Waals surface area contributed by atoms with Gasteiger partial charge in [-0.05, 0) is 49.7 Å². The second kappa shape index (κ2) is 9.52. The number of hydrogen-bond acceptors (Lipinski definition) is 5. The second-order valence-electron chi connectivity index (χ2n) is 7.65. The van der Waals surface area contributed by atoms with Crippen molar-refractivity contribution in [2.24, 2.45) is 0 Å². The molecule has 3 rings (SSSR count). The Morgan fingerprint density at radius 2 is 1.84 bits per heavy atom. The van der Waals surface area contributed by atoms with Gasteiger partial charge in [0.1, 0.15) is 16.5 Å². The summed E-state index contributed by atoms with van der Waals surface area (Å²) in [7, 11) is -4.55. The molecule has 7 nitrogen and oxygen atoms in total. The summed E-state index contributed by atoms with van der Waals surface area (Å²) in [6, 6.07) is 10.1. The van der Waals surface area contributed by atoms with Crippen LogP contribution < -0.4 is 4.74 Å². The Bertz CT molecular complexity index is 1050. The first-order chi connectivity index (χ1) is 14.5. The van der Waals surface area contributed by atoms with Gasteiger partial charge < -0.3 is 9.64 Å². The van der Waals surface area contributed by atoms with E-state index in [2.05, 4.69) is 4.90 Å². The summed E-state index contributed by atoms with van der Waals surface area (Å²) in [5.41, 5.74) is 0.990. The molecule has 0 saturated carbocycles. The van der Waals surface area contributed by atoms with E-state index < -0.39 is 15.0 Å². The van der Waals surface area contributed by atoms with Crippen LogP contribution in [0.5, 0.6) is 5.75 Å². The van der Waals surface area contributed by atoms with Gasteiger partial charge in [0.2, 0.25) is 0 Å². The number of halogens is 2. The number of hydrogen-bond donors (Lipinski definition) is 1. The largest absolute Gasteiger partial charge is 0.482 e. The third-order valence-corrected chi connectivity index (χ3v) is 6.38. The molecule has 0 unspecified atom stereocenters. The molecule has 0 aromatic heterocycles. The first-order valence-corrected chi connectivity index (χ1v) is 11.5. The highest BCUT2D eigenvalue weighted by atomic mass is 35.5.